The summed E-state index contributed by atoms with van der Waals surface area (Å²) in [6.07, 6.45) is 2.99. The number of carbonyl (C=O) groups excluding carboxylic acids is 2. The summed E-state index contributed by atoms with van der Waals surface area (Å²) in [6, 6.07) is 6.66. The van der Waals surface area contributed by atoms with E-state index in [1.807, 2.05) is 11.8 Å². The van der Waals surface area contributed by atoms with E-state index in [0.717, 1.165) is 5.69 Å². The van der Waals surface area contributed by atoms with Crippen LogP contribution in [0.1, 0.15) is 30.8 Å². The Morgan fingerprint density at radius 2 is 2.00 bits per heavy atom. The molecule has 3 aromatic rings. The number of sulfone groups is 1. The Kier molecular flexibility index (Phi) is 5.44. The second-order valence-electron chi connectivity index (χ2n) is 8.59. The van der Waals surface area contributed by atoms with Crippen molar-refractivity contribution < 1.29 is 18.0 Å². The number of rotatable bonds is 5. The maximum atomic E-state index is 12.8. The zero-order valence-corrected chi connectivity index (χ0v) is 19.7. The topological polar surface area (TPSA) is 108 Å². The summed E-state index contributed by atoms with van der Waals surface area (Å²) in [5.41, 5.74) is 1.57. The maximum Gasteiger partial charge on any atom is 0.330 e. The number of benzene rings is 1. The van der Waals surface area contributed by atoms with Gasteiger partial charge in [-0.25, -0.2) is 18.2 Å². The van der Waals surface area contributed by atoms with Crippen molar-refractivity contribution in [1.82, 2.24) is 24.3 Å². The minimum Gasteiger partial charge on any atom is -0.346 e. The molecule has 174 valence electrons. The molecule has 11 heteroatoms. The minimum absolute atomic E-state index is 0.0581. The summed E-state index contributed by atoms with van der Waals surface area (Å²) in [5, 5.41) is 1.33. The Morgan fingerprint density at radius 1 is 1.24 bits per heavy atom. The molecule has 1 N–H and O–H groups in total. The van der Waals surface area contributed by atoms with Crippen LogP contribution in [0.2, 0.25) is 5.02 Å². The molecule has 4 heterocycles. The van der Waals surface area contributed by atoms with Crippen molar-refractivity contribution in [1.29, 1.82) is 0 Å². The fraction of sp³-hybridized carbons (Fsp3) is 0.409. The van der Waals surface area contributed by atoms with Gasteiger partial charge in [0.15, 0.2) is 9.84 Å². The highest BCUT2D eigenvalue weighted by molar-refractivity contribution is 7.91. The average Bonchev–Trinajstić information content (AvgIpc) is 3.47. The molecule has 0 bridgehead atoms. The molecule has 0 unspecified atom stereocenters. The number of nitrogens with one attached hydrogen (secondary N) is 1. The number of nitrogens with zero attached hydrogens (tertiary/aromatic N) is 4. The number of imidazole rings is 1. The number of amides is 2. The van der Waals surface area contributed by atoms with Crippen LogP contribution in [0, 0.1) is 6.92 Å². The Morgan fingerprint density at radius 3 is 2.73 bits per heavy atom. The summed E-state index contributed by atoms with van der Waals surface area (Å²) in [4.78, 5) is 36.1. The molecular formula is C22H24ClN5O4S. The lowest BCUT2D eigenvalue weighted by atomic mass is 10.0. The van der Waals surface area contributed by atoms with E-state index < -0.39 is 9.84 Å². The minimum atomic E-state index is -3.64. The van der Waals surface area contributed by atoms with Crippen molar-refractivity contribution in [2.45, 2.75) is 43.8 Å². The molecule has 1 aromatic carbocycles. The molecule has 1 fully saturated rings. The third kappa shape index (κ3) is 4.02. The molecule has 2 aromatic heterocycles. The third-order valence-electron chi connectivity index (χ3n) is 6.52. The van der Waals surface area contributed by atoms with Crippen molar-refractivity contribution in [2.24, 2.45) is 0 Å². The van der Waals surface area contributed by atoms with Crippen LogP contribution in [0.5, 0.6) is 0 Å². The lowest BCUT2D eigenvalue weighted by Crippen LogP contribution is -2.47. The van der Waals surface area contributed by atoms with Gasteiger partial charge in [-0.1, -0.05) is 11.6 Å². The predicted molar refractivity (Wildman–Crippen MR) is 123 cm³/mol. The van der Waals surface area contributed by atoms with E-state index >= 15 is 0 Å². The Hall–Kier alpha value is -2.85. The number of aromatic amines is 1. The standard InChI is InChI=1S/C22H24ClN5O4S/c1-14-24-12-18-13-27(22(30)28(14)18)17-4-7-26(8-5-17)21(29)6-9-33(31,32)20-11-15-10-16(23)2-3-19(15)25-20/h2-3,10-12,17,25H,4-9,13H2,1H3. The van der Waals surface area contributed by atoms with Crippen LogP contribution in [-0.4, -0.2) is 69.6 Å². The van der Waals surface area contributed by atoms with Gasteiger partial charge in [0.1, 0.15) is 10.9 Å². The number of aryl methyl sites for hydroxylation is 1. The summed E-state index contributed by atoms with van der Waals surface area (Å²) in [6.45, 7) is 3.35. The normalized spacial score (nSPS) is 17.2. The highest BCUT2D eigenvalue weighted by Gasteiger charge is 2.36. The van der Waals surface area contributed by atoms with E-state index in [9.17, 15) is 18.0 Å². The van der Waals surface area contributed by atoms with Crippen LogP contribution in [0.25, 0.3) is 10.9 Å². The number of hydrogen-bond acceptors (Lipinski definition) is 5. The summed E-state index contributed by atoms with van der Waals surface area (Å²) in [5.74, 6) is 0.234. The first-order valence-corrected chi connectivity index (χ1v) is 12.9. The first-order valence-electron chi connectivity index (χ1n) is 10.9. The summed E-state index contributed by atoms with van der Waals surface area (Å²) in [7, 11) is -3.64. The molecule has 1 saturated heterocycles. The molecule has 33 heavy (non-hydrogen) atoms. The lowest BCUT2D eigenvalue weighted by Gasteiger charge is -2.36. The molecule has 5 rings (SSSR count). The van der Waals surface area contributed by atoms with Crippen molar-refractivity contribution >= 4 is 44.3 Å². The highest BCUT2D eigenvalue weighted by atomic mass is 35.5. The Balaban J connectivity index is 1.16. The molecule has 0 spiro atoms. The van der Waals surface area contributed by atoms with Gasteiger partial charge in [0.2, 0.25) is 5.91 Å². The average molecular weight is 490 g/mol. The van der Waals surface area contributed by atoms with Gasteiger partial charge in [0.05, 0.1) is 24.2 Å². The number of carbonyl (C=O) groups is 2. The summed E-state index contributed by atoms with van der Waals surface area (Å²) >= 11 is 5.98. The number of piperidine rings is 1. The number of aromatic nitrogens is 3. The number of halogens is 1. The number of hydrogen-bond donors (Lipinski definition) is 1. The van der Waals surface area contributed by atoms with E-state index in [1.54, 1.807) is 39.9 Å². The second kappa shape index (κ2) is 8.18. The third-order valence-corrected chi connectivity index (χ3v) is 8.38. The van der Waals surface area contributed by atoms with Gasteiger partial charge in [-0.15, -0.1) is 0 Å². The zero-order chi connectivity index (χ0) is 23.3. The van der Waals surface area contributed by atoms with Gasteiger partial charge in [0.25, 0.3) is 0 Å². The van der Waals surface area contributed by atoms with Crippen LogP contribution >= 0.6 is 11.6 Å². The maximum absolute atomic E-state index is 12.8. The van der Waals surface area contributed by atoms with E-state index in [4.69, 9.17) is 11.6 Å². The smallest absolute Gasteiger partial charge is 0.330 e. The monoisotopic (exact) mass is 489 g/mol. The van der Waals surface area contributed by atoms with Gasteiger partial charge >= 0.3 is 6.03 Å². The first kappa shape index (κ1) is 22.0. The molecule has 0 radical (unpaired) electrons. The van der Waals surface area contributed by atoms with Crippen molar-refractivity contribution in [2.75, 3.05) is 18.8 Å². The van der Waals surface area contributed by atoms with E-state index in [0.29, 0.717) is 54.2 Å². The van der Waals surface area contributed by atoms with Gasteiger partial charge in [0, 0.05) is 41.5 Å². The van der Waals surface area contributed by atoms with Crippen molar-refractivity contribution in [3.63, 3.8) is 0 Å². The van der Waals surface area contributed by atoms with Crippen LogP contribution in [-0.2, 0) is 21.2 Å². The second-order valence-corrected chi connectivity index (χ2v) is 11.1. The van der Waals surface area contributed by atoms with Crippen LogP contribution in [0.15, 0.2) is 35.5 Å². The fourth-order valence-electron chi connectivity index (χ4n) is 4.68. The molecule has 2 aliphatic rings. The molecule has 0 aliphatic carbocycles. The van der Waals surface area contributed by atoms with Gasteiger partial charge < -0.3 is 14.8 Å². The Bertz CT molecular complexity index is 1350. The molecule has 0 atom stereocenters. The van der Waals surface area contributed by atoms with Crippen molar-refractivity contribution in [3.05, 3.63) is 47.0 Å². The zero-order valence-electron chi connectivity index (χ0n) is 18.1. The SMILES string of the molecule is Cc1ncc2n1C(=O)N(C1CCN(C(=O)CCS(=O)(=O)c3cc4cc(Cl)ccc4[nH]3)CC1)C2. The van der Waals surface area contributed by atoms with Crippen LogP contribution in [0.3, 0.4) is 0 Å². The molecule has 0 saturated carbocycles. The number of fused-ring (bicyclic) bond motifs is 2. The van der Waals surface area contributed by atoms with Gasteiger partial charge in [-0.3, -0.25) is 9.36 Å². The van der Waals surface area contributed by atoms with E-state index in [1.165, 1.54) is 0 Å². The van der Waals surface area contributed by atoms with E-state index in [2.05, 4.69) is 9.97 Å². The number of likely N-dealkylation sites (tertiary alicyclic amines) is 1. The van der Waals surface area contributed by atoms with Crippen LogP contribution < -0.4 is 0 Å². The number of H-pyrrole nitrogens is 1. The van der Waals surface area contributed by atoms with E-state index in [-0.39, 0.29) is 35.2 Å². The quantitative estimate of drug-likeness (QED) is 0.592. The fourth-order valence-corrected chi connectivity index (χ4v) is 6.10. The lowest BCUT2D eigenvalue weighted by molar-refractivity contribution is -0.132. The Labute approximate surface area is 196 Å². The highest BCUT2D eigenvalue weighted by Crippen LogP contribution is 2.27. The molecule has 2 amide bonds. The van der Waals surface area contributed by atoms with Gasteiger partial charge in [-0.2, -0.15) is 0 Å². The van der Waals surface area contributed by atoms with Gasteiger partial charge in [-0.05, 0) is 44.0 Å². The largest absolute Gasteiger partial charge is 0.346 e. The predicted octanol–water partition coefficient (Wildman–Crippen LogP) is 2.96. The van der Waals surface area contributed by atoms with Crippen LogP contribution in [0.4, 0.5) is 4.79 Å². The summed E-state index contributed by atoms with van der Waals surface area (Å²) < 4.78 is 27.2. The van der Waals surface area contributed by atoms with Crippen molar-refractivity contribution in [3.8, 4) is 0 Å². The molecule has 2 aliphatic heterocycles. The first-order chi connectivity index (χ1) is 15.7. The molecular weight excluding hydrogens is 466 g/mol. The molecule has 9 nitrogen and oxygen atoms in total.